The summed E-state index contributed by atoms with van der Waals surface area (Å²) in [6.45, 7) is 8.70. The maximum Gasteiger partial charge on any atom is 0.422 e. The maximum absolute atomic E-state index is 15.4. The molecule has 2 saturated carbocycles. The van der Waals surface area contributed by atoms with Crippen LogP contribution in [0.4, 0.5) is 35.1 Å². The van der Waals surface area contributed by atoms with Crippen LogP contribution >= 0.6 is 0 Å². The number of hydrogen-bond acceptors (Lipinski definition) is 12. The number of nitrogens with one attached hydrogen (secondary N) is 3. The SMILES string of the molecule is CCC[C@H]1C(=O)N[C@@H]([C@@H](C)CC)C(=O)N(C)CC(=O)N(C)[C@H]2C/C=C\CCN(C2=O)[C@@H](Cc2ccc(C(F)(F)F)cc2)C(=O)N(C)CC(=O)N[C@@H](CCc2cc(F)c(C(F)(F)F)c(F)c2)C(=O)N2CC3(CC3)C[C@H]2C(=O)NC2(CCC2)C(=O)N(C)[C@@H](CC(C)(C)C)C(=O)N(C)[C@H](C(=O)N(C)C)CC(=O)N1C. The van der Waals surface area contributed by atoms with Crippen LogP contribution in [0, 0.1) is 28.4 Å². The maximum atomic E-state index is 15.4. The van der Waals surface area contributed by atoms with E-state index in [1.54, 1.807) is 32.9 Å². The molecule has 2 spiro atoms. The predicted octanol–water partition coefficient (Wildman–Crippen LogP) is 6.11. The topological polar surface area (TPSA) is 270 Å². The van der Waals surface area contributed by atoms with Crippen molar-refractivity contribution in [1.82, 2.24) is 60.0 Å². The van der Waals surface area contributed by atoms with Crippen LogP contribution in [0.5, 0.6) is 0 Å². The number of amides is 12. The highest BCUT2D eigenvalue weighted by Crippen LogP contribution is 2.55. The third-order valence-electron chi connectivity index (χ3n) is 21.4. The van der Waals surface area contributed by atoms with Gasteiger partial charge in [0, 0.05) is 75.9 Å². The first-order chi connectivity index (χ1) is 49.3. The molecule has 3 N–H and O–H groups in total. The van der Waals surface area contributed by atoms with Crippen molar-refractivity contribution in [3.8, 4) is 0 Å². The predicted molar refractivity (Wildman–Crippen MR) is 372 cm³/mol. The van der Waals surface area contributed by atoms with Crippen molar-refractivity contribution >= 4 is 70.9 Å². The van der Waals surface area contributed by atoms with E-state index in [-0.39, 0.29) is 69.2 Å². The molecule has 24 nitrogen and oxygen atoms in total. The molecule has 2 aliphatic carbocycles. The lowest BCUT2D eigenvalue weighted by Crippen LogP contribution is -2.68. The molecule has 0 radical (unpaired) electrons. The van der Waals surface area contributed by atoms with Gasteiger partial charge in [-0.2, -0.15) is 26.3 Å². The fourth-order valence-corrected chi connectivity index (χ4v) is 14.4. The summed E-state index contributed by atoms with van der Waals surface area (Å²) in [7, 11) is 10.6. The van der Waals surface area contributed by atoms with Gasteiger partial charge in [-0.3, -0.25) is 57.5 Å². The largest absolute Gasteiger partial charge is 0.422 e. The van der Waals surface area contributed by atoms with Gasteiger partial charge in [0.15, 0.2) is 0 Å². The monoisotopic (exact) mass is 1500 g/mol. The lowest BCUT2D eigenvalue weighted by atomic mass is 9.74. The van der Waals surface area contributed by atoms with E-state index in [4.69, 9.17) is 0 Å². The van der Waals surface area contributed by atoms with E-state index in [1.807, 2.05) is 20.8 Å². The van der Waals surface area contributed by atoms with Crippen molar-refractivity contribution < 1.29 is 92.7 Å². The lowest BCUT2D eigenvalue weighted by molar-refractivity contribution is -0.157. The highest BCUT2D eigenvalue weighted by atomic mass is 19.4. The van der Waals surface area contributed by atoms with E-state index in [9.17, 15) is 55.1 Å². The molecule has 5 aliphatic rings. The first-order valence-electron chi connectivity index (χ1n) is 36.0. The summed E-state index contributed by atoms with van der Waals surface area (Å²) in [5.74, 6) is -14.5. The fraction of sp³-hybridized carbons (Fsp3) is 0.649. The Labute approximate surface area is 613 Å². The van der Waals surface area contributed by atoms with Gasteiger partial charge in [0.2, 0.25) is 70.9 Å². The van der Waals surface area contributed by atoms with Gasteiger partial charge in [0.25, 0.3) is 0 Å². The van der Waals surface area contributed by atoms with E-state index in [0.29, 0.717) is 44.2 Å². The summed E-state index contributed by atoms with van der Waals surface area (Å²) in [5, 5.41) is 8.30. The first-order valence-corrected chi connectivity index (χ1v) is 36.0. The number of carbonyl (C=O) groups excluding carboxylic acids is 12. The molecule has 32 heteroatoms. The summed E-state index contributed by atoms with van der Waals surface area (Å²) in [5.41, 5.74) is -6.53. The Bertz CT molecular complexity index is 3650. The zero-order valence-electron chi connectivity index (χ0n) is 62.9. The summed E-state index contributed by atoms with van der Waals surface area (Å²) < 4.78 is 114. The second kappa shape index (κ2) is 34.0. The molecule has 586 valence electrons. The van der Waals surface area contributed by atoms with Crippen molar-refractivity contribution in [2.75, 3.05) is 82.6 Å². The molecule has 12 amide bonds. The highest BCUT2D eigenvalue weighted by Gasteiger charge is 2.58. The van der Waals surface area contributed by atoms with Crippen LogP contribution in [0.3, 0.4) is 0 Å². The van der Waals surface area contributed by atoms with Crippen LogP contribution in [0.2, 0.25) is 0 Å². The molecule has 9 atom stereocenters. The number of likely N-dealkylation sites (N-methyl/N-ethyl adjacent to an activating group) is 7. The number of nitrogens with zero attached hydrogens (tertiary/aromatic N) is 9. The zero-order valence-corrected chi connectivity index (χ0v) is 62.9. The zero-order chi connectivity index (χ0) is 79.2. The van der Waals surface area contributed by atoms with Gasteiger partial charge in [0.05, 0.1) is 25.1 Å². The normalized spacial score (nSPS) is 25.7. The molecule has 0 unspecified atom stereocenters. The molecule has 2 aromatic carbocycles. The second-order valence-corrected chi connectivity index (χ2v) is 30.8. The third kappa shape index (κ3) is 19.9. The minimum absolute atomic E-state index is 0.0240. The van der Waals surface area contributed by atoms with Gasteiger partial charge in [-0.25, -0.2) is 8.78 Å². The number of carbonyl (C=O) groups is 12. The molecule has 0 aromatic heterocycles. The number of alkyl halides is 6. The van der Waals surface area contributed by atoms with E-state index in [2.05, 4.69) is 16.0 Å². The standard InChI is InChI=1S/C74H102F8N12O12/c1-15-21-50-61(98)84-60(43(3)16-2)68(105)88(10)41-58(97)90(12)51-22-18-17-19-33-93(67(51)104)53(36-44-23-26-46(27-24-44)73(77,78)79)65(102)87(9)40-56(95)83-49(28-25-45-34-47(75)59(48(76)35-45)74(80,81)82)63(100)94-42-71(31-32-71)39-54(94)62(99)85-72(29-20-30-72)69(106)92(14)55(38-70(4,5)6)66(103)91(13)52(64(101)86(7)8)37-57(96)89(50)11/h17-18,23-24,26-27,34-35,43,49-55,60H,15-16,19-22,25,28-33,36-42H2,1-14H3,(H,83,95)(H,84,98)(H,85,99)/b18-17-/t43-,49-,50-,51-,52-,53-,54-,55-,60-/m0/s1. The highest BCUT2D eigenvalue weighted by molar-refractivity contribution is 6.01. The van der Waals surface area contributed by atoms with Gasteiger partial charge in [0.1, 0.15) is 71.1 Å². The van der Waals surface area contributed by atoms with Crippen LogP contribution < -0.4 is 16.0 Å². The fourth-order valence-electron chi connectivity index (χ4n) is 14.4. The molecule has 2 aromatic rings. The molecule has 106 heavy (non-hydrogen) atoms. The van der Waals surface area contributed by atoms with Crippen molar-refractivity contribution in [1.29, 1.82) is 0 Å². The summed E-state index contributed by atoms with van der Waals surface area (Å²) in [4.78, 5) is 190. The average molecular weight is 1500 g/mol. The Kier molecular flexibility index (Phi) is 27.1. The van der Waals surface area contributed by atoms with Gasteiger partial charge in [-0.05, 0) is 129 Å². The van der Waals surface area contributed by atoms with E-state index < -0.39 is 215 Å². The summed E-state index contributed by atoms with van der Waals surface area (Å²) in [6.07, 6.45) is -7.01. The van der Waals surface area contributed by atoms with Crippen molar-refractivity contribution in [3.05, 3.63) is 82.4 Å². The number of aryl methyl sites for hydroxylation is 1. The smallest absolute Gasteiger partial charge is 0.347 e. The van der Waals surface area contributed by atoms with Crippen LogP contribution in [-0.4, -0.2) is 251 Å². The van der Waals surface area contributed by atoms with Crippen LogP contribution in [0.1, 0.15) is 154 Å². The summed E-state index contributed by atoms with van der Waals surface area (Å²) >= 11 is 0. The molecular formula is C74H102F8N12O12. The van der Waals surface area contributed by atoms with E-state index in [0.717, 1.165) is 60.7 Å². The number of fused-ring (bicyclic) bond motifs is 3. The van der Waals surface area contributed by atoms with Crippen LogP contribution in [0.25, 0.3) is 0 Å². The quantitative estimate of drug-likeness (QED) is 0.170. The number of rotatable bonds is 11. The number of hydrogen-bond donors (Lipinski definition) is 3. The van der Waals surface area contributed by atoms with Crippen LogP contribution in [0.15, 0.2) is 48.6 Å². The van der Waals surface area contributed by atoms with Gasteiger partial charge in [-0.15, -0.1) is 0 Å². The minimum atomic E-state index is -5.45. The minimum Gasteiger partial charge on any atom is -0.347 e. The Morgan fingerprint density at radius 3 is 1.79 bits per heavy atom. The van der Waals surface area contributed by atoms with Gasteiger partial charge >= 0.3 is 12.4 Å². The molecule has 2 saturated heterocycles. The molecule has 4 fully saturated rings. The second-order valence-electron chi connectivity index (χ2n) is 30.8. The molecule has 3 heterocycles. The Hall–Kier alpha value is -8.74. The van der Waals surface area contributed by atoms with Crippen molar-refractivity contribution in [2.24, 2.45) is 16.7 Å². The van der Waals surface area contributed by atoms with E-state index >= 15 is 37.5 Å². The molecule has 3 aliphatic heterocycles. The average Bonchev–Trinajstić information content (AvgIpc) is 1.56. The molecular weight excluding hydrogens is 1400 g/mol. The Balaban J connectivity index is 1.34. The van der Waals surface area contributed by atoms with Gasteiger partial charge < -0.3 is 60.0 Å². The Morgan fingerprint density at radius 1 is 0.642 bits per heavy atom. The molecule has 2 bridgehead atoms. The lowest BCUT2D eigenvalue weighted by Gasteiger charge is -2.46. The van der Waals surface area contributed by atoms with Gasteiger partial charge in [-0.1, -0.05) is 78.7 Å². The number of benzene rings is 2. The van der Waals surface area contributed by atoms with Crippen LogP contribution in [-0.2, 0) is 82.7 Å². The van der Waals surface area contributed by atoms with Crippen molar-refractivity contribution in [3.63, 3.8) is 0 Å². The third-order valence-corrected chi connectivity index (χ3v) is 21.4. The van der Waals surface area contributed by atoms with E-state index in [1.165, 1.54) is 64.0 Å². The summed E-state index contributed by atoms with van der Waals surface area (Å²) in [6, 6.07) is -7.09. The first kappa shape index (κ1) is 84.5. The van der Waals surface area contributed by atoms with Crippen molar-refractivity contribution in [2.45, 2.75) is 211 Å². The number of halogens is 8. The Morgan fingerprint density at radius 2 is 1.25 bits per heavy atom. The molecule has 7 rings (SSSR count).